The molecule has 0 aliphatic heterocycles. The average Bonchev–Trinajstić information content (AvgIpc) is 3.43. The quantitative estimate of drug-likeness (QED) is 0.256. The number of aromatic amines is 1. The summed E-state index contributed by atoms with van der Waals surface area (Å²) in [6, 6.07) is 3.50. The molecule has 3 N–H and O–H groups in total. The number of H-pyrrole nitrogens is 1. The van der Waals surface area contributed by atoms with Gasteiger partial charge in [-0.1, -0.05) is 11.2 Å². The number of carbonyl (C=O) groups excluding carboxylic acids is 2. The van der Waals surface area contributed by atoms with E-state index < -0.39 is 42.3 Å². The van der Waals surface area contributed by atoms with Crippen molar-refractivity contribution in [3.8, 4) is 0 Å². The number of hydrogen-bond donors (Lipinski definition) is 3. The molecule has 2 saturated carbocycles. The molecule has 1 aromatic carbocycles. The minimum absolute atomic E-state index is 0.00946. The van der Waals surface area contributed by atoms with Gasteiger partial charge in [-0.2, -0.15) is 13.2 Å². The van der Waals surface area contributed by atoms with Crippen molar-refractivity contribution in [3.05, 3.63) is 41.0 Å². The lowest BCUT2D eigenvalue weighted by molar-refractivity contribution is -0.265. The molecule has 2 atom stereocenters. The first-order chi connectivity index (χ1) is 19.6. The van der Waals surface area contributed by atoms with Crippen LogP contribution in [0.25, 0.3) is 11.0 Å². The maximum absolute atomic E-state index is 13.5. The largest absolute Gasteiger partial charge is 0.416 e. The van der Waals surface area contributed by atoms with E-state index >= 15 is 0 Å². The maximum atomic E-state index is 13.5. The van der Waals surface area contributed by atoms with E-state index in [1.807, 2.05) is 0 Å². The number of nitrogens with zero attached hydrogens (tertiary/aromatic N) is 3. The number of nitrogens with one attached hydrogen (secondary N) is 3. The molecular formula is C27H31F5N6O4. The Morgan fingerprint density at radius 2 is 1.88 bits per heavy atom. The van der Waals surface area contributed by atoms with Crippen LogP contribution < -0.4 is 10.6 Å². The van der Waals surface area contributed by atoms with Crippen LogP contribution in [0.1, 0.15) is 98.4 Å². The number of rotatable bonds is 11. The normalized spacial score (nSPS) is 18.9. The zero-order valence-electron chi connectivity index (χ0n) is 23.1. The van der Waals surface area contributed by atoms with Gasteiger partial charge < -0.3 is 20.4 Å². The van der Waals surface area contributed by atoms with Crippen molar-refractivity contribution in [1.82, 2.24) is 30.9 Å². The van der Waals surface area contributed by atoms with Crippen molar-refractivity contribution >= 4 is 22.8 Å². The molecule has 2 aliphatic carbocycles. The summed E-state index contributed by atoms with van der Waals surface area (Å²) in [7, 11) is 0. The number of ether oxygens (including phenoxy) is 1. The van der Waals surface area contributed by atoms with Gasteiger partial charge in [-0.25, -0.2) is 18.4 Å². The van der Waals surface area contributed by atoms with Crippen LogP contribution >= 0.6 is 0 Å². The molecule has 2 fully saturated rings. The monoisotopic (exact) mass is 598 g/mol. The zero-order chi connectivity index (χ0) is 30.4. The third kappa shape index (κ3) is 6.55. The lowest BCUT2D eigenvalue weighted by Crippen LogP contribution is -2.44. The molecule has 2 aliphatic rings. The van der Waals surface area contributed by atoms with Crippen LogP contribution in [0.15, 0.2) is 22.8 Å². The minimum atomic E-state index is -4.67. The number of benzene rings is 1. The zero-order valence-corrected chi connectivity index (χ0v) is 23.1. The molecule has 2 aromatic heterocycles. The summed E-state index contributed by atoms with van der Waals surface area (Å²) >= 11 is 0. The van der Waals surface area contributed by atoms with Gasteiger partial charge in [0.25, 0.3) is 5.91 Å². The first-order valence-corrected chi connectivity index (χ1v) is 13.6. The number of amides is 2. The molecule has 2 heterocycles. The molecule has 3 aromatic rings. The predicted molar refractivity (Wildman–Crippen MR) is 138 cm³/mol. The molecule has 10 nitrogen and oxygen atoms in total. The second-order valence-electron chi connectivity index (χ2n) is 11.6. The van der Waals surface area contributed by atoms with Crippen LogP contribution in [0.5, 0.6) is 0 Å². The highest BCUT2D eigenvalue weighted by atomic mass is 19.4. The van der Waals surface area contributed by atoms with Gasteiger partial charge in [0.2, 0.25) is 11.8 Å². The molecule has 42 heavy (non-hydrogen) atoms. The molecular weight excluding hydrogens is 567 g/mol. The summed E-state index contributed by atoms with van der Waals surface area (Å²) in [5, 5.41) is 12.9. The van der Waals surface area contributed by atoms with E-state index in [0.717, 1.165) is 26.7 Å². The van der Waals surface area contributed by atoms with Crippen molar-refractivity contribution in [2.45, 2.75) is 88.6 Å². The van der Waals surface area contributed by atoms with Gasteiger partial charge in [0, 0.05) is 25.2 Å². The molecule has 0 bridgehead atoms. The standard InChI is InChI=1S/C27H31F5N6O4/c1-13(33-20(39)8-14-10-26(28,29)11-14)16-6-7-17-18(9-16)35-23(34-17)19(12-41-25(2,3)27(30,31)32)36-24(40)22-21(15-4-5-15)37-42-38-22/h6-7,9,13-15,19H,4-5,8,10-12H2,1-3H3,(H,33,39)(H,34,35)(H,36,40)/t13-,19+/m1/s1. The Morgan fingerprint density at radius 3 is 2.52 bits per heavy atom. The van der Waals surface area contributed by atoms with Gasteiger partial charge in [0.1, 0.15) is 17.6 Å². The number of hydrogen-bond acceptors (Lipinski definition) is 7. The second-order valence-corrected chi connectivity index (χ2v) is 11.6. The highest BCUT2D eigenvalue weighted by Crippen LogP contribution is 2.44. The summed E-state index contributed by atoms with van der Waals surface area (Å²) in [6.07, 6.45) is -3.61. The Bertz CT molecular complexity index is 1460. The molecule has 0 unspecified atom stereocenters. The second kappa shape index (κ2) is 10.9. The van der Waals surface area contributed by atoms with Crippen molar-refractivity contribution in [3.63, 3.8) is 0 Å². The van der Waals surface area contributed by atoms with Gasteiger partial charge >= 0.3 is 6.18 Å². The molecule has 5 rings (SSSR count). The average molecular weight is 599 g/mol. The van der Waals surface area contributed by atoms with Crippen molar-refractivity contribution < 1.29 is 40.9 Å². The fourth-order valence-corrected chi connectivity index (χ4v) is 4.82. The van der Waals surface area contributed by atoms with E-state index in [1.54, 1.807) is 25.1 Å². The van der Waals surface area contributed by atoms with E-state index in [4.69, 9.17) is 9.37 Å². The first-order valence-electron chi connectivity index (χ1n) is 13.6. The Morgan fingerprint density at radius 1 is 1.17 bits per heavy atom. The number of fused-ring (bicyclic) bond motifs is 1. The number of carbonyl (C=O) groups is 2. The maximum Gasteiger partial charge on any atom is 0.416 e. The van der Waals surface area contributed by atoms with Crippen LogP contribution in [0.2, 0.25) is 0 Å². The number of imidazole rings is 1. The highest BCUT2D eigenvalue weighted by Gasteiger charge is 2.49. The smallest absolute Gasteiger partial charge is 0.364 e. The summed E-state index contributed by atoms with van der Waals surface area (Å²) in [6.45, 7) is 2.94. The molecule has 2 amide bonds. The van der Waals surface area contributed by atoms with Crippen LogP contribution in [-0.2, 0) is 9.53 Å². The Hall–Kier alpha value is -3.62. The highest BCUT2D eigenvalue weighted by molar-refractivity contribution is 5.93. The van der Waals surface area contributed by atoms with E-state index in [1.165, 1.54) is 0 Å². The number of alkyl halides is 5. The molecule has 0 radical (unpaired) electrons. The van der Waals surface area contributed by atoms with Gasteiger partial charge in [-0.15, -0.1) is 0 Å². The van der Waals surface area contributed by atoms with Gasteiger partial charge in [0.15, 0.2) is 11.3 Å². The lowest BCUT2D eigenvalue weighted by atomic mass is 9.79. The van der Waals surface area contributed by atoms with E-state index in [0.29, 0.717) is 22.3 Å². The predicted octanol–water partition coefficient (Wildman–Crippen LogP) is 5.26. The summed E-state index contributed by atoms with van der Waals surface area (Å²) in [5.41, 5.74) is -0.529. The SMILES string of the molecule is C[C@@H](NC(=O)CC1CC(F)(F)C1)c1ccc2nc([C@H](COC(C)(C)C(F)(F)F)NC(=O)c3nonc3C3CC3)[nH]c2c1. The summed E-state index contributed by atoms with van der Waals surface area (Å²) in [4.78, 5) is 33.0. The van der Waals surface area contributed by atoms with Crippen LogP contribution in [0.4, 0.5) is 22.0 Å². The minimum Gasteiger partial charge on any atom is -0.364 e. The Balaban J connectivity index is 1.33. The van der Waals surface area contributed by atoms with Gasteiger partial charge in [-0.05, 0) is 62.4 Å². The van der Waals surface area contributed by atoms with E-state index in [2.05, 4.69) is 30.9 Å². The third-order valence-electron chi connectivity index (χ3n) is 7.67. The summed E-state index contributed by atoms with van der Waals surface area (Å²) < 4.78 is 76.6. The van der Waals surface area contributed by atoms with Crippen LogP contribution in [0, 0.1) is 5.92 Å². The molecule has 15 heteroatoms. The topological polar surface area (TPSA) is 135 Å². The lowest BCUT2D eigenvalue weighted by Gasteiger charge is -2.34. The fraction of sp³-hybridized carbons (Fsp3) is 0.593. The molecule has 0 spiro atoms. The Kier molecular flexibility index (Phi) is 7.75. The number of aromatic nitrogens is 4. The Labute approximate surface area is 237 Å². The van der Waals surface area contributed by atoms with Gasteiger partial charge in [-0.3, -0.25) is 9.59 Å². The fourth-order valence-electron chi connectivity index (χ4n) is 4.82. The van der Waals surface area contributed by atoms with Crippen molar-refractivity contribution in [2.24, 2.45) is 5.92 Å². The van der Waals surface area contributed by atoms with E-state index in [9.17, 15) is 31.5 Å². The molecule has 0 saturated heterocycles. The third-order valence-corrected chi connectivity index (χ3v) is 7.67. The summed E-state index contributed by atoms with van der Waals surface area (Å²) in [5.74, 6) is -3.91. The molecule has 228 valence electrons. The van der Waals surface area contributed by atoms with Crippen molar-refractivity contribution in [1.29, 1.82) is 0 Å². The van der Waals surface area contributed by atoms with Crippen LogP contribution in [0.3, 0.4) is 0 Å². The van der Waals surface area contributed by atoms with Gasteiger partial charge in [0.05, 0.1) is 23.7 Å². The number of halogens is 5. The van der Waals surface area contributed by atoms with Crippen LogP contribution in [-0.4, -0.2) is 56.4 Å². The van der Waals surface area contributed by atoms with Crippen molar-refractivity contribution in [2.75, 3.05) is 6.61 Å². The van der Waals surface area contributed by atoms with E-state index in [-0.39, 0.29) is 48.5 Å². The first kappa shape index (κ1) is 29.9.